The van der Waals surface area contributed by atoms with Gasteiger partial charge < -0.3 is 19.8 Å². The van der Waals surface area contributed by atoms with Crippen LogP contribution < -0.4 is 5.73 Å². The van der Waals surface area contributed by atoms with Crippen molar-refractivity contribution in [1.82, 2.24) is 4.90 Å². The van der Waals surface area contributed by atoms with E-state index in [0.29, 0.717) is 19.8 Å². The largest absolute Gasteiger partial charge is 0.459 e. The molecule has 1 aromatic carbocycles. The molecule has 1 aliphatic rings. The first-order valence-corrected chi connectivity index (χ1v) is 7.71. The number of carbonyl (C=O) groups excluding carboxylic acids is 1. The van der Waals surface area contributed by atoms with Crippen molar-refractivity contribution in [3.8, 4) is 0 Å². The summed E-state index contributed by atoms with van der Waals surface area (Å²) in [6, 6.07) is 9.34. The Morgan fingerprint density at radius 3 is 2.74 bits per heavy atom. The summed E-state index contributed by atoms with van der Waals surface area (Å²) in [5.41, 5.74) is 6.98. The number of rotatable bonds is 4. The normalized spacial score (nSPS) is 16.8. The van der Waals surface area contributed by atoms with Gasteiger partial charge in [0.05, 0.1) is 12.6 Å². The lowest BCUT2D eigenvalue weighted by atomic mass is 9.91. The molecule has 3 rings (SSSR count). The minimum atomic E-state index is -0.460. The van der Waals surface area contributed by atoms with Crippen molar-refractivity contribution in [3.05, 3.63) is 36.1 Å². The van der Waals surface area contributed by atoms with Crippen molar-refractivity contribution in [3.63, 3.8) is 0 Å². The van der Waals surface area contributed by atoms with E-state index in [0.717, 1.165) is 29.6 Å². The second-order valence-electron chi connectivity index (χ2n) is 5.92. The van der Waals surface area contributed by atoms with E-state index >= 15 is 0 Å². The fraction of sp³-hybridized carbons (Fsp3) is 0.471. The molecule has 1 amide bonds. The second-order valence-corrected chi connectivity index (χ2v) is 5.92. The van der Waals surface area contributed by atoms with E-state index in [4.69, 9.17) is 14.9 Å². The third kappa shape index (κ3) is 4.05. The molecule has 0 spiro atoms. The Morgan fingerprint density at radius 2 is 2.04 bits per heavy atom. The average Bonchev–Trinajstić information content (AvgIpc) is 2.96. The van der Waals surface area contributed by atoms with Crippen molar-refractivity contribution in [2.45, 2.75) is 25.4 Å². The van der Waals surface area contributed by atoms with Gasteiger partial charge in [-0.3, -0.25) is 4.79 Å². The van der Waals surface area contributed by atoms with E-state index in [9.17, 15) is 4.79 Å². The number of hydrogen-bond donors (Lipinski definition) is 1. The molecule has 0 saturated carbocycles. The number of nitrogens with two attached hydrogens (primary N) is 1. The van der Waals surface area contributed by atoms with E-state index < -0.39 is 6.04 Å². The van der Waals surface area contributed by atoms with E-state index in [1.807, 2.05) is 30.3 Å². The molecule has 0 radical (unpaired) electrons. The average molecular weight is 339 g/mol. The zero-order chi connectivity index (χ0) is 15.5. The van der Waals surface area contributed by atoms with Gasteiger partial charge in [-0.1, -0.05) is 18.2 Å². The number of hydrogen-bond acceptors (Lipinski definition) is 4. The molecular weight excluding hydrogens is 316 g/mol. The summed E-state index contributed by atoms with van der Waals surface area (Å²) in [7, 11) is 1.77. The number of para-hydroxylation sites is 1. The highest BCUT2D eigenvalue weighted by molar-refractivity contribution is 5.85. The SMILES string of the molecule is CN(Cc1cc2ccccc2o1)C(=O)C(N)C1CCOCC1.Cl. The van der Waals surface area contributed by atoms with Gasteiger partial charge in [-0.15, -0.1) is 12.4 Å². The molecule has 1 fully saturated rings. The van der Waals surface area contributed by atoms with Crippen LogP contribution in [0, 0.1) is 5.92 Å². The maximum absolute atomic E-state index is 12.5. The zero-order valence-electron chi connectivity index (χ0n) is 13.2. The fourth-order valence-corrected chi connectivity index (χ4v) is 2.96. The smallest absolute Gasteiger partial charge is 0.239 e. The molecule has 2 aromatic rings. The first-order valence-electron chi connectivity index (χ1n) is 7.71. The van der Waals surface area contributed by atoms with Crippen LogP contribution in [0.3, 0.4) is 0 Å². The molecule has 5 nitrogen and oxygen atoms in total. The Kier molecular flexibility index (Phi) is 6.04. The number of benzene rings is 1. The van der Waals surface area contributed by atoms with Crippen molar-refractivity contribution < 1.29 is 13.9 Å². The Balaban J connectivity index is 0.00000192. The topological polar surface area (TPSA) is 68.7 Å². The van der Waals surface area contributed by atoms with Crippen LogP contribution in [-0.2, 0) is 16.1 Å². The number of carbonyl (C=O) groups is 1. The third-order valence-electron chi connectivity index (χ3n) is 4.30. The molecule has 1 atom stereocenters. The summed E-state index contributed by atoms with van der Waals surface area (Å²) < 4.78 is 11.1. The Labute approximate surface area is 142 Å². The van der Waals surface area contributed by atoms with Crippen LogP contribution in [0.2, 0.25) is 0 Å². The van der Waals surface area contributed by atoms with Gasteiger partial charge >= 0.3 is 0 Å². The Hall–Kier alpha value is -1.56. The van der Waals surface area contributed by atoms with Crippen molar-refractivity contribution in [2.24, 2.45) is 11.7 Å². The van der Waals surface area contributed by atoms with Crippen molar-refractivity contribution in [2.75, 3.05) is 20.3 Å². The number of likely N-dealkylation sites (N-methyl/N-ethyl adjacent to an activating group) is 1. The number of halogens is 1. The fourth-order valence-electron chi connectivity index (χ4n) is 2.96. The van der Waals surface area contributed by atoms with Crippen LogP contribution in [0.25, 0.3) is 11.0 Å². The summed E-state index contributed by atoms with van der Waals surface area (Å²) in [5, 5.41) is 1.05. The monoisotopic (exact) mass is 338 g/mol. The molecule has 1 aromatic heterocycles. The van der Waals surface area contributed by atoms with Crippen LogP contribution in [0.4, 0.5) is 0 Å². The molecule has 2 N–H and O–H groups in total. The zero-order valence-corrected chi connectivity index (χ0v) is 14.1. The second kappa shape index (κ2) is 7.81. The lowest BCUT2D eigenvalue weighted by Gasteiger charge is -2.29. The lowest BCUT2D eigenvalue weighted by molar-refractivity contribution is -0.134. The standard InChI is InChI=1S/C17H22N2O3.ClH/c1-19(17(20)16(18)12-6-8-21-9-7-12)11-14-10-13-4-2-3-5-15(13)22-14;/h2-5,10,12,16H,6-9,11,18H2,1H3;1H. The Bertz CT molecular complexity index is 619. The molecule has 6 heteroatoms. The summed E-state index contributed by atoms with van der Waals surface area (Å²) in [5.74, 6) is 0.947. The summed E-state index contributed by atoms with van der Waals surface area (Å²) in [6.45, 7) is 1.82. The highest BCUT2D eigenvalue weighted by Gasteiger charge is 2.28. The van der Waals surface area contributed by atoms with Crippen molar-refractivity contribution in [1.29, 1.82) is 0 Å². The minimum absolute atomic E-state index is 0. The maximum atomic E-state index is 12.5. The molecule has 0 aliphatic carbocycles. The van der Waals surface area contributed by atoms with Gasteiger partial charge in [0.1, 0.15) is 11.3 Å². The summed E-state index contributed by atoms with van der Waals surface area (Å²) >= 11 is 0. The number of amides is 1. The number of furan rings is 1. The van der Waals surface area contributed by atoms with Gasteiger partial charge in [0.2, 0.25) is 5.91 Å². The summed E-state index contributed by atoms with van der Waals surface area (Å²) in [6.07, 6.45) is 1.71. The number of nitrogens with zero attached hydrogens (tertiary/aromatic N) is 1. The van der Waals surface area contributed by atoms with Gasteiger partial charge in [0.25, 0.3) is 0 Å². The molecule has 1 aliphatic heterocycles. The van der Waals surface area contributed by atoms with Gasteiger partial charge in [0.15, 0.2) is 0 Å². The number of ether oxygens (including phenoxy) is 1. The number of fused-ring (bicyclic) bond motifs is 1. The van der Waals surface area contributed by atoms with Crippen LogP contribution >= 0.6 is 12.4 Å². The Morgan fingerprint density at radius 1 is 1.35 bits per heavy atom. The van der Waals surface area contributed by atoms with Gasteiger partial charge in [-0.2, -0.15) is 0 Å². The predicted molar refractivity (Wildman–Crippen MR) is 91.5 cm³/mol. The lowest BCUT2D eigenvalue weighted by Crippen LogP contribution is -2.47. The quantitative estimate of drug-likeness (QED) is 0.930. The van der Waals surface area contributed by atoms with E-state index in [1.165, 1.54) is 0 Å². The van der Waals surface area contributed by atoms with Gasteiger partial charge in [-0.05, 0) is 30.9 Å². The van der Waals surface area contributed by atoms with Crippen LogP contribution in [0.5, 0.6) is 0 Å². The van der Waals surface area contributed by atoms with Crippen LogP contribution in [0.15, 0.2) is 34.7 Å². The molecule has 2 heterocycles. The molecule has 0 bridgehead atoms. The minimum Gasteiger partial charge on any atom is -0.459 e. The van der Waals surface area contributed by atoms with E-state index in [-0.39, 0.29) is 24.2 Å². The molecule has 1 unspecified atom stereocenters. The molecule has 1 saturated heterocycles. The first-order chi connectivity index (χ1) is 10.6. The molecule has 23 heavy (non-hydrogen) atoms. The highest BCUT2D eigenvalue weighted by Crippen LogP contribution is 2.22. The van der Waals surface area contributed by atoms with Gasteiger partial charge in [0, 0.05) is 25.6 Å². The van der Waals surface area contributed by atoms with Crippen molar-refractivity contribution >= 4 is 29.3 Å². The first kappa shape index (κ1) is 17.8. The van der Waals surface area contributed by atoms with Crippen LogP contribution in [-0.4, -0.2) is 37.1 Å². The molecule has 126 valence electrons. The van der Waals surface area contributed by atoms with Gasteiger partial charge in [-0.25, -0.2) is 0 Å². The predicted octanol–water partition coefficient (Wildman–Crippen LogP) is 2.57. The summed E-state index contributed by atoms with van der Waals surface area (Å²) in [4.78, 5) is 14.1. The highest BCUT2D eigenvalue weighted by atomic mass is 35.5. The van der Waals surface area contributed by atoms with E-state index in [2.05, 4.69) is 0 Å². The third-order valence-corrected chi connectivity index (χ3v) is 4.30. The van der Waals surface area contributed by atoms with E-state index in [1.54, 1.807) is 11.9 Å². The maximum Gasteiger partial charge on any atom is 0.239 e. The van der Waals surface area contributed by atoms with Crippen LogP contribution in [0.1, 0.15) is 18.6 Å². The molecular formula is C17H23ClN2O3.